The molecule has 0 aromatic heterocycles. The Morgan fingerprint density at radius 3 is 2.13 bits per heavy atom. The van der Waals surface area contributed by atoms with Crippen LogP contribution in [0.4, 0.5) is 0 Å². The van der Waals surface area contributed by atoms with E-state index in [0.717, 1.165) is 13.0 Å². The van der Waals surface area contributed by atoms with Crippen molar-refractivity contribution in [3.05, 3.63) is 0 Å². The first-order chi connectivity index (χ1) is 10.8. The van der Waals surface area contributed by atoms with E-state index < -0.39 is 0 Å². The number of carbonyl (C=O) groups excluding carboxylic acids is 2. The van der Waals surface area contributed by atoms with Gasteiger partial charge in [-0.3, -0.25) is 9.59 Å². The fourth-order valence-electron chi connectivity index (χ4n) is 3.59. The van der Waals surface area contributed by atoms with Gasteiger partial charge in [-0.1, -0.05) is 27.2 Å². The number of piperazine rings is 1. The molecule has 132 valence electrons. The predicted octanol–water partition coefficient (Wildman–Crippen LogP) is 1.97. The van der Waals surface area contributed by atoms with Crippen LogP contribution in [-0.4, -0.2) is 72.3 Å². The van der Waals surface area contributed by atoms with Crippen molar-refractivity contribution in [1.29, 1.82) is 0 Å². The van der Waals surface area contributed by atoms with Gasteiger partial charge < -0.3 is 14.7 Å². The molecule has 5 heteroatoms. The van der Waals surface area contributed by atoms with Crippen molar-refractivity contribution in [2.75, 3.05) is 39.8 Å². The van der Waals surface area contributed by atoms with Crippen LogP contribution < -0.4 is 0 Å². The van der Waals surface area contributed by atoms with Gasteiger partial charge in [0.2, 0.25) is 11.8 Å². The van der Waals surface area contributed by atoms with Gasteiger partial charge in [0.25, 0.3) is 0 Å². The highest BCUT2D eigenvalue weighted by Crippen LogP contribution is 2.21. The summed E-state index contributed by atoms with van der Waals surface area (Å²) in [5.74, 6) is 0.445. The van der Waals surface area contributed by atoms with Gasteiger partial charge in [0, 0.05) is 44.1 Å². The molecule has 2 aliphatic heterocycles. The molecule has 0 aromatic carbocycles. The molecule has 23 heavy (non-hydrogen) atoms. The number of rotatable bonds is 3. The van der Waals surface area contributed by atoms with Crippen molar-refractivity contribution in [1.82, 2.24) is 14.7 Å². The average molecular weight is 323 g/mol. The first-order valence-electron chi connectivity index (χ1n) is 9.06. The summed E-state index contributed by atoms with van der Waals surface area (Å²) in [7, 11) is 2.17. The third-order valence-corrected chi connectivity index (χ3v) is 5.17. The van der Waals surface area contributed by atoms with Crippen molar-refractivity contribution in [3.8, 4) is 0 Å². The van der Waals surface area contributed by atoms with Crippen LogP contribution >= 0.6 is 0 Å². The Kier molecular flexibility index (Phi) is 6.06. The lowest BCUT2D eigenvalue weighted by Crippen LogP contribution is -2.53. The van der Waals surface area contributed by atoms with Crippen molar-refractivity contribution in [3.63, 3.8) is 0 Å². The van der Waals surface area contributed by atoms with Gasteiger partial charge in [-0.2, -0.15) is 0 Å². The Morgan fingerprint density at radius 1 is 0.957 bits per heavy atom. The predicted molar refractivity (Wildman–Crippen MR) is 92.1 cm³/mol. The Morgan fingerprint density at radius 2 is 1.57 bits per heavy atom. The van der Waals surface area contributed by atoms with Gasteiger partial charge in [-0.15, -0.1) is 0 Å². The van der Waals surface area contributed by atoms with Crippen LogP contribution in [0.5, 0.6) is 0 Å². The summed E-state index contributed by atoms with van der Waals surface area (Å²) in [4.78, 5) is 30.9. The van der Waals surface area contributed by atoms with E-state index in [0.29, 0.717) is 38.6 Å². The molecular formula is C18H33N3O2. The van der Waals surface area contributed by atoms with Crippen LogP contribution in [0.1, 0.15) is 52.9 Å². The quantitative estimate of drug-likeness (QED) is 0.797. The summed E-state index contributed by atoms with van der Waals surface area (Å²) >= 11 is 0. The van der Waals surface area contributed by atoms with E-state index in [9.17, 15) is 9.59 Å². The normalized spacial score (nSPS) is 23.9. The van der Waals surface area contributed by atoms with Crippen LogP contribution in [0.2, 0.25) is 0 Å². The third-order valence-electron chi connectivity index (χ3n) is 5.17. The second-order valence-electron chi connectivity index (χ2n) is 8.09. The Hall–Kier alpha value is -1.10. The van der Waals surface area contributed by atoms with E-state index in [1.165, 1.54) is 19.3 Å². The van der Waals surface area contributed by atoms with E-state index in [1.54, 1.807) is 0 Å². The molecule has 0 bridgehead atoms. The minimum absolute atomic E-state index is 0.188. The summed E-state index contributed by atoms with van der Waals surface area (Å²) in [5.41, 5.74) is -0.336. The lowest BCUT2D eigenvalue weighted by Gasteiger charge is -2.38. The molecule has 1 atom stereocenters. The number of likely N-dealkylation sites (tertiary alicyclic amines) is 1. The molecule has 0 unspecified atom stereocenters. The molecule has 2 rings (SSSR count). The topological polar surface area (TPSA) is 43.9 Å². The van der Waals surface area contributed by atoms with Gasteiger partial charge in [-0.25, -0.2) is 0 Å². The number of piperidine rings is 1. The van der Waals surface area contributed by atoms with Gasteiger partial charge in [0.1, 0.15) is 0 Å². The van der Waals surface area contributed by atoms with Crippen molar-refractivity contribution >= 4 is 11.8 Å². The fraction of sp³-hybridized carbons (Fsp3) is 0.889. The van der Waals surface area contributed by atoms with E-state index in [-0.39, 0.29) is 17.2 Å². The van der Waals surface area contributed by atoms with E-state index >= 15 is 0 Å². The number of amides is 2. The largest absolute Gasteiger partial charge is 0.339 e. The van der Waals surface area contributed by atoms with Crippen LogP contribution in [-0.2, 0) is 9.59 Å². The maximum atomic E-state index is 12.4. The second kappa shape index (κ2) is 7.65. The lowest BCUT2D eigenvalue weighted by atomic mass is 9.94. The molecule has 0 aromatic rings. The Labute approximate surface area is 141 Å². The van der Waals surface area contributed by atoms with Gasteiger partial charge in [0.15, 0.2) is 0 Å². The second-order valence-corrected chi connectivity index (χ2v) is 8.09. The number of carbonyl (C=O) groups is 2. The van der Waals surface area contributed by atoms with Crippen molar-refractivity contribution in [2.45, 2.75) is 58.9 Å². The number of hydrogen-bond acceptors (Lipinski definition) is 3. The van der Waals surface area contributed by atoms with Crippen LogP contribution in [0.25, 0.3) is 0 Å². The minimum atomic E-state index is -0.336. The van der Waals surface area contributed by atoms with E-state index in [2.05, 4.69) is 11.9 Å². The molecule has 0 N–H and O–H groups in total. The molecule has 0 radical (unpaired) electrons. The van der Waals surface area contributed by atoms with Crippen molar-refractivity contribution < 1.29 is 9.59 Å². The highest BCUT2D eigenvalue weighted by molar-refractivity contribution is 5.82. The average Bonchev–Trinajstić information content (AvgIpc) is 2.52. The highest BCUT2D eigenvalue weighted by atomic mass is 16.2. The molecule has 0 aliphatic carbocycles. The van der Waals surface area contributed by atoms with Crippen LogP contribution in [0.15, 0.2) is 0 Å². The van der Waals surface area contributed by atoms with Gasteiger partial charge in [-0.05, 0) is 32.9 Å². The Bertz CT molecular complexity index is 422. The maximum Gasteiger partial charge on any atom is 0.228 e. The van der Waals surface area contributed by atoms with E-state index in [4.69, 9.17) is 0 Å². The maximum absolute atomic E-state index is 12.4. The zero-order chi connectivity index (χ0) is 17.0. The number of nitrogens with zero attached hydrogens (tertiary/aromatic N) is 3. The van der Waals surface area contributed by atoms with Gasteiger partial charge >= 0.3 is 0 Å². The summed E-state index contributed by atoms with van der Waals surface area (Å²) < 4.78 is 0. The molecule has 2 aliphatic rings. The van der Waals surface area contributed by atoms with E-state index in [1.807, 2.05) is 30.6 Å². The van der Waals surface area contributed by atoms with Crippen molar-refractivity contribution in [2.24, 2.45) is 5.41 Å². The summed E-state index contributed by atoms with van der Waals surface area (Å²) in [6.07, 6.45) is 5.40. The molecule has 2 fully saturated rings. The minimum Gasteiger partial charge on any atom is -0.339 e. The molecule has 2 saturated heterocycles. The lowest BCUT2D eigenvalue weighted by molar-refractivity contribution is -0.145. The molecule has 0 saturated carbocycles. The third kappa shape index (κ3) is 4.93. The smallest absolute Gasteiger partial charge is 0.228 e. The monoisotopic (exact) mass is 323 g/mol. The zero-order valence-corrected chi connectivity index (χ0v) is 15.3. The summed E-state index contributed by atoms with van der Waals surface area (Å²) in [6, 6.07) is 0.566. The standard InChI is InChI=1S/C18H33N3O2/c1-18(2,3)17(23)21-13-11-20(12-14-21)16(22)9-8-15-7-5-6-10-19(15)4/h15H,5-14H2,1-4H3/t15-/m1/s1. The van der Waals surface area contributed by atoms with Crippen LogP contribution in [0.3, 0.4) is 0 Å². The summed E-state index contributed by atoms with van der Waals surface area (Å²) in [5, 5.41) is 0. The summed E-state index contributed by atoms with van der Waals surface area (Å²) in [6.45, 7) is 9.72. The molecular weight excluding hydrogens is 290 g/mol. The molecule has 2 heterocycles. The first-order valence-corrected chi connectivity index (χ1v) is 9.06. The highest BCUT2D eigenvalue weighted by Gasteiger charge is 2.31. The first kappa shape index (κ1) is 18.2. The van der Waals surface area contributed by atoms with Gasteiger partial charge in [0.05, 0.1) is 0 Å². The fourth-order valence-corrected chi connectivity index (χ4v) is 3.59. The zero-order valence-electron chi connectivity index (χ0n) is 15.3. The SMILES string of the molecule is CN1CCCC[C@@H]1CCC(=O)N1CCN(C(=O)C(C)(C)C)CC1. The molecule has 2 amide bonds. The number of hydrogen-bond donors (Lipinski definition) is 0. The Balaban J connectivity index is 1.74. The van der Waals surface area contributed by atoms with Crippen LogP contribution in [0, 0.1) is 5.41 Å². The molecule has 0 spiro atoms. The molecule has 5 nitrogen and oxygen atoms in total.